The zero-order valence-electron chi connectivity index (χ0n) is 22.6. The predicted molar refractivity (Wildman–Crippen MR) is 144 cm³/mol. The second kappa shape index (κ2) is 12.0. The highest BCUT2D eigenvalue weighted by Crippen LogP contribution is 2.42. The number of Topliss-reactive ketones (excluding diaryl/α,β-unsaturated/α-hetero) is 1. The second-order valence-electron chi connectivity index (χ2n) is 9.30. The first kappa shape index (κ1) is 29.2. The van der Waals surface area contributed by atoms with Gasteiger partial charge in [0.1, 0.15) is 5.76 Å². The van der Waals surface area contributed by atoms with Crippen LogP contribution in [0.1, 0.15) is 30.5 Å². The third-order valence-electron chi connectivity index (χ3n) is 6.25. The van der Waals surface area contributed by atoms with E-state index in [1.807, 2.05) is 25.9 Å². The maximum absolute atomic E-state index is 13.3. The highest BCUT2D eigenvalue weighted by molar-refractivity contribution is 7.89. The quantitative estimate of drug-likeness (QED) is 0.260. The van der Waals surface area contributed by atoms with Crippen molar-refractivity contribution in [3.05, 3.63) is 59.2 Å². The summed E-state index contributed by atoms with van der Waals surface area (Å²) in [7, 11) is 4.51. The van der Waals surface area contributed by atoms with Gasteiger partial charge in [-0.3, -0.25) is 9.59 Å². The van der Waals surface area contributed by atoms with Gasteiger partial charge in [-0.15, -0.1) is 0 Å². The molecule has 1 fully saturated rings. The number of carbonyl (C=O) groups is 2. The highest BCUT2D eigenvalue weighted by atomic mass is 32.2. The number of ether oxygens (including phenoxy) is 2. The van der Waals surface area contributed by atoms with Crippen LogP contribution in [0.15, 0.2) is 52.9 Å². The van der Waals surface area contributed by atoms with Crippen molar-refractivity contribution in [3.63, 3.8) is 0 Å². The van der Waals surface area contributed by atoms with E-state index in [1.165, 1.54) is 50.4 Å². The molecule has 0 spiro atoms. The van der Waals surface area contributed by atoms with Gasteiger partial charge in [0.2, 0.25) is 10.0 Å². The van der Waals surface area contributed by atoms with Crippen LogP contribution in [0.4, 0.5) is 0 Å². The average molecular weight is 546 g/mol. The third-order valence-corrected chi connectivity index (χ3v) is 8.08. The summed E-state index contributed by atoms with van der Waals surface area (Å²) in [6.45, 7) is 3.27. The number of methoxy groups -OCH3 is 1. The van der Waals surface area contributed by atoms with E-state index in [0.717, 1.165) is 4.31 Å². The molecule has 3 rings (SSSR count). The molecule has 1 aliphatic rings. The molecule has 1 amide bonds. The number of benzene rings is 2. The molecule has 0 aromatic heterocycles. The lowest BCUT2D eigenvalue weighted by Crippen LogP contribution is -2.32. The minimum Gasteiger partial charge on any atom is -0.507 e. The molecule has 206 valence electrons. The Kier molecular flexibility index (Phi) is 9.18. The maximum atomic E-state index is 13.3. The van der Waals surface area contributed by atoms with Gasteiger partial charge in [-0.25, -0.2) is 12.7 Å². The monoisotopic (exact) mass is 545 g/mol. The van der Waals surface area contributed by atoms with Crippen LogP contribution < -0.4 is 9.47 Å². The first-order chi connectivity index (χ1) is 17.9. The van der Waals surface area contributed by atoms with Gasteiger partial charge in [0.05, 0.1) is 30.2 Å². The molecule has 1 atom stereocenters. The first-order valence-electron chi connectivity index (χ1n) is 12.2. The molecule has 1 unspecified atom stereocenters. The standard InChI is InChI=1S/C27H35N3O7S/c1-7-37-21-14-11-19(17-22(21)36-6)24-23(26(32)27(33)30(24)16-8-15-28(2)3)25(31)18-9-12-20(13-10-18)38(34,35)29(4)5/h9-14,17,24,31H,7-8,15-16H2,1-6H3/b25-23-. The van der Waals surface area contributed by atoms with Crippen LogP contribution in [0.2, 0.25) is 0 Å². The zero-order valence-corrected chi connectivity index (χ0v) is 23.4. The van der Waals surface area contributed by atoms with E-state index in [-0.39, 0.29) is 21.8 Å². The molecule has 2 aromatic rings. The van der Waals surface area contributed by atoms with Gasteiger partial charge in [0, 0.05) is 26.2 Å². The summed E-state index contributed by atoms with van der Waals surface area (Å²) < 4.78 is 37.1. The summed E-state index contributed by atoms with van der Waals surface area (Å²) in [5.41, 5.74) is 0.717. The number of amides is 1. The van der Waals surface area contributed by atoms with Gasteiger partial charge >= 0.3 is 0 Å². The van der Waals surface area contributed by atoms with Crippen molar-refractivity contribution >= 4 is 27.5 Å². The topological polar surface area (TPSA) is 117 Å². The van der Waals surface area contributed by atoms with Crippen molar-refractivity contribution in [2.24, 2.45) is 0 Å². The number of hydrogen-bond acceptors (Lipinski definition) is 8. The summed E-state index contributed by atoms with van der Waals surface area (Å²) in [5.74, 6) is -0.960. The Morgan fingerprint density at radius 1 is 1.03 bits per heavy atom. The van der Waals surface area contributed by atoms with Crippen LogP contribution in [0.5, 0.6) is 11.5 Å². The molecular formula is C27H35N3O7S. The third kappa shape index (κ3) is 5.85. The van der Waals surface area contributed by atoms with Gasteiger partial charge in [-0.05, 0) is 75.9 Å². The summed E-state index contributed by atoms with van der Waals surface area (Å²) in [4.78, 5) is 29.9. The van der Waals surface area contributed by atoms with E-state index in [2.05, 4.69) is 0 Å². The number of rotatable bonds is 11. The number of carbonyl (C=O) groups excluding carboxylic acids is 2. The summed E-state index contributed by atoms with van der Waals surface area (Å²) >= 11 is 0. The Morgan fingerprint density at radius 3 is 2.24 bits per heavy atom. The van der Waals surface area contributed by atoms with Gasteiger partial charge in [0.15, 0.2) is 11.5 Å². The molecule has 0 saturated carbocycles. The molecule has 1 heterocycles. The molecule has 38 heavy (non-hydrogen) atoms. The SMILES string of the molecule is CCOc1ccc(C2/C(=C(/O)c3ccc(S(=O)(=O)N(C)C)cc3)C(=O)C(=O)N2CCCN(C)C)cc1OC. The smallest absolute Gasteiger partial charge is 0.295 e. The van der Waals surface area contributed by atoms with Crippen molar-refractivity contribution in [2.75, 3.05) is 55.0 Å². The number of ketones is 1. The van der Waals surface area contributed by atoms with Gasteiger partial charge < -0.3 is 24.4 Å². The Morgan fingerprint density at radius 2 is 1.68 bits per heavy atom. The highest BCUT2D eigenvalue weighted by Gasteiger charge is 2.46. The molecule has 0 aliphatic carbocycles. The number of nitrogens with zero attached hydrogens (tertiary/aromatic N) is 3. The molecule has 0 radical (unpaired) electrons. The zero-order chi connectivity index (χ0) is 28.2. The second-order valence-corrected chi connectivity index (χ2v) is 11.5. The van der Waals surface area contributed by atoms with Gasteiger partial charge in [0.25, 0.3) is 11.7 Å². The van der Waals surface area contributed by atoms with Gasteiger partial charge in [-0.1, -0.05) is 6.07 Å². The van der Waals surface area contributed by atoms with E-state index < -0.39 is 27.8 Å². The number of hydrogen-bond donors (Lipinski definition) is 1. The van der Waals surface area contributed by atoms with E-state index in [9.17, 15) is 23.1 Å². The lowest BCUT2D eigenvalue weighted by atomic mass is 9.95. The molecule has 0 bridgehead atoms. The van der Waals surface area contributed by atoms with Crippen molar-refractivity contribution in [2.45, 2.75) is 24.3 Å². The fourth-order valence-corrected chi connectivity index (χ4v) is 5.20. The molecule has 2 aromatic carbocycles. The van der Waals surface area contributed by atoms with Crippen molar-refractivity contribution in [1.82, 2.24) is 14.1 Å². The lowest BCUT2D eigenvalue weighted by molar-refractivity contribution is -0.139. The van der Waals surface area contributed by atoms with Crippen molar-refractivity contribution in [1.29, 1.82) is 0 Å². The van der Waals surface area contributed by atoms with Crippen LogP contribution >= 0.6 is 0 Å². The number of sulfonamides is 1. The number of aliphatic hydroxyl groups excluding tert-OH is 1. The van der Waals surface area contributed by atoms with Crippen LogP contribution in [0.3, 0.4) is 0 Å². The summed E-state index contributed by atoms with van der Waals surface area (Å²) in [6.07, 6.45) is 0.613. The first-order valence-corrected chi connectivity index (χ1v) is 13.6. The fourth-order valence-electron chi connectivity index (χ4n) is 4.29. The Balaban J connectivity index is 2.14. The van der Waals surface area contributed by atoms with Crippen molar-refractivity contribution < 1.29 is 32.6 Å². The van der Waals surface area contributed by atoms with Gasteiger partial charge in [-0.2, -0.15) is 0 Å². The molecule has 1 aliphatic heterocycles. The predicted octanol–water partition coefficient (Wildman–Crippen LogP) is 2.72. The van der Waals surface area contributed by atoms with E-state index in [0.29, 0.717) is 43.2 Å². The minimum atomic E-state index is -3.68. The minimum absolute atomic E-state index is 0.0380. The van der Waals surface area contributed by atoms with E-state index in [4.69, 9.17) is 9.47 Å². The van der Waals surface area contributed by atoms with Crippen molar-refractivity contribution in [3.8, 4) is 11.5 Å². The summed E-state index contributed by atoms with van der Waals surface area (Å²) in [5, 5.41) is 11.3. The lowest BCUT2D eigenvalue weighted by Gasteiger charge is -2.26. The van der Waals surface area contributed by atoms with Crippen LogP contribution in [0, 0.1) is 0 Å². The molecule has 11 heteroatoms. The molecule has 10 nitrogen and oxygen atoms in total. The Hall–Kier alpha value is -3.41. The number of aliphatic hydroxyl groups is 1. The number of likely N-dealkylation sites (tertiary alicyclic amines) is 1. The fraction of sp³-hybridized carbons (Fsp3) is 0.407. The Labute approximate surface area is 224 Å². The van der Waals surface area contributed by atoms with E-state index >= 15 is 0 Å². The summed E-state index contributed by atoms with van der Waals surface area (Å²) in [6, 6.07) is 9.81. The van der Waals surface area contributed by atoms with Crippen LogP contribution in [0.25, 0.3) is 5.76 Å². The maximum Gasteiger partial charge on any atom is 0.295 e. The normalized spacial score (nSPS) is 17.5. The van der Waals surface area contributed by atoms with Crippen LogP contribution in [-0.4, -0.2) is 94.3 Å². The Bertz CT molecular complexity index is 1320. The largest absolute Gasteiger partial charge is 0.507 e. The van der Waals surface area contributed by atoms with E-state index in [1.54, 1.807) is 18.2 Å². The van der Waals surface area contributed by atoms with Crippen LogP contribution in [-0.2, 0) is 19.6 Å². The average Bonchev–Trinajstić information content (AvgIpc) is 3.13. The molecule has 1 saturated heterocycles. The molecule has 1 N–H and O–H groups in total. The molecular weight excluding hydrogens is 510 g/mol.